The van der Waals surface area contributed by atoms with Gasteiger partial charge >= 0.3 is 4.87 Å². The first kappa shape index (κ1) is 10.8. The summed E-state index contributed by atoms with van der Waals surface area (Å²) < 4.78 is 0. The molecule has 0 saturated carbocycles. The molecule has 2 N–H and O–H groups in total. The van der Waals surface area contributed by atoms with Crippen molar-refractivity contribution in [3.8, 4) is 6.19 Å². The van der Waals surface area contributed by atoms with Crippen LogP contribution >= 0.6 is 23.1 Å². The Morgan fingerprint density at radius 2 is 2.71 bits per heavy atom. The van der Waals surface area contributed by atoms with Gasteiger partial charge < -0.3 is 4.98 Å². The van der Waals surface area contributed by atoms with E-state index in [4.69, 9.17) is 5.26 Å². The van der Waals surface area contributed by atoms with Gasteiger partial charge in [0.1, 0.15) is 0 Å². The van der Waals surface area contributed by atoms with Crippen molar-refractivity contribution in [3.05, 3.63) is 20.7 Å². The Morgan fingerprint density at radius 1 is 1.93 bits per heavy atom. The van der Waals surface area contributed by atoms with E-state index in [0.717, 1.165) is 17.0 Å². The van der Waals surface area contributed by atoms with Gasteiger partial charge in [0.05, 0.1) is 12.2 Å². The fourth-order valence-corrected chi connectivity index (χ4v) is 1.67. The van der Waals surface area contributed by atoms with Gasteiger partial charge in [-0.2, -0.15) is 5.26 Å². The third-order valence-electron chi connectivity index (χ3n) is 1.32. The van der Waals surface area contributed by atoms with Crippen molar-refractivity contribution in [1.29, 1.82) is 5.26 Å². The minimum absolute atomic E-state index is 0.0888. The average molecular weight is 228 g/mol. The van der Waals surface area contributed by atoms with E-state index in [1.807, 2.05) is 6.26 Å². The summed E-state index contributed by atoms with van der Waals surface area (Å²) in [6, 6.07) is 0. The molecule has 0 aliphatic heterocycles. The first-order valence-corrected chi connectivity index (χ1v) is 5.77. The van der Waals surface area contributed by atoms with Crippen LogP contribution in [0.4, 0.5) is 0 Å². The van der Waals surface area contributed by atoms with Gasteiger partial charge in [-0.05, 0) is 6.26 Å². The molecule has 1 heterocycles. The van der Waals surface area contributed by atoms with Gasteiger partial charge in [0, 0.05) is 5.38 Å². The number of rotatable bonds is 2. The highest BCUT2D eigenvalue weighted by atomic mass is 32.2. The maximum absolute atomic E-state index is 10.8. The number of aromatic nitrogens is 1. The number of nitrogens with zero attached hydrogens (tertiary/aromatic N) is 2. The van der Waals surface area contributed by atoms with Crippen LogP contribution < -0.4 is 10.2 Å². The number of hydrogen-bond donors (Lipinski definition) is 2. The number of aliphatic imine (C=N–C) groups is 1. The van der Waals surface area contributed by atoms with Crippen molar-refractivity contribution in [2.45, 2.75) is 6.54 Å². The van der Waals surface area contributed by atoms with E-state index in [1.165, 1.54) is 11.8 Å². The van der Waals surface area contributed by atoms with Crippen LogP contribution in [0, 0.1) is 11.5 Å². The maximum atomic E-state index is 10.8. The molecule has 0 atom stereocenters. The first-order valence-electron chi connectivity index (χ1n) is 3.66. The molecule has 5 nitrogen and oxygen atoms in total. The number of aromatic amines is 1. The standard InChI is InChI=1S/C7H8N4OS2/c1-13-6(10-4-8)9-2-5-3-14-7(12)11-5/h3H,2H2,1H3,(H,9,10)(H,11,12). The molecule has 0 unspecified atom stereocenters. The lowest BCUT2D eigenvalue weighted by atomic mass is 10.5. The fourth-order valence-electron chi connectivity index (χ4n) is 0.751. The zero-order valence-corrected chi connectivity index (χ0v) is 9.04. The Hall–Kier alpha value is -1.26. The smallest absolute Gasteiger partial charge is 0.304 e. The highest BCUT2D eigenvalue weighted by molar-refractivity contribution is 8.13. The lowest BCUT2D eigenvalue weighted by Gasteiger charge is -1.97. The van der Waals surface area contributed by atoms with E-state index >= 15 is 0 Å². The molecule has 0 aromatic carbocycles. The number of nitriles is 1. The van der Waals surface area contributed by atoms with E-state index in [0.29, 0.717) is 11.7 Å². The molecule has 0 bridgehead atoms. The molecular formula is C7H8N4OS2. The van der Waals surface area contributed by atoms with Crippen LogP contribution in [-0.2, 0) is 6.54 Å². The van der Waals surface area contributed by atoms with Crippen LogP contribution in [0.5, 0.6) is 0 Å². The Bertz CT molecular complexity index is 414. The van der Waals surface area contributed by atoms with Gasteiger partial charge in [-0.3, -0.25) is 15.1 Å². The van der Waals surface area contributed by atoms with Crippen LogP contribution in [0.3, 0.4) is 0 Å². The second-order valence-electron chi connectivity index (χ2n) is 2.24. The number of thioether (sulfide) groups is 1. The van der Waals surface area contributed by atoms with Gasteiger partial charge in [-0.15, -0.1) is 0 Å². The van der Waals surface area contributed by atoms with Crippen molar-refractivity contribution >= 4 is 28.3 Å². The van der Waals surface area contributed by atoms with Gasteiger partial charge in [0.2, 0.25) is 0 Å². The zero-order valence-electron chi connectivity index (χ0n) is 7.40. The summed E-state index contributed by atoms with van der Waals surface area (Å²) in [5.74, 6) is 0. The van der Waals surface area contributed by atoms with E-state index in [9.17, 15) is 4.79 Å². The molecule has 0 amide bonds. The lowest BCUT2D eigenvalue weighted by Crippen LogP contribution is -2.13. The molecule has 14 heavy (non-hydrogen) atoms. The summed E-state index contributed by atoms with van der Waals surface area (Å²) in [5, 5.41) is 13.1. The monoisotopic (exact) mass is 228 g/mol. The number of hydrogen-bond acceptors (Lipinski definition) is 5. The molecule has 74 valence electrons. The molecule has 0 fully saturated rings. The Kier molecular flexibility index (Phi) is 4.22. The second kappa shape index (κ2) is 5.47. The molecule has 0 aliphatic carbocycles. The number of H-pyrrole nitrogens is 1. The van der Waals surface area contributed by atoms with Crippen LogP contribution in [0.25, 0.3) is 0 Å². The highest BCUT2D eigenvalue weighted by Crippen LogP contribution is 2.01. The van der Waals surface area contributed by atoms with Gasteiger partial charge in [0.25, 0.3) is 0 Å². The summed E-state index contributed by atoms with van der Waals surface area (Å²) in [7, 11) is 0. The van der Waals surface area contributed by atoms with E-state index in [-0.39, 0.29) is 4.87 Å². The summed E-state index contributed by atoms with van der Waals surface area (Å²) in [4.78, 5) is 17.4. The van der Waals surface area contributed by atoms with Gasteiger partial charge in [-0.1, -0.05) is 23.1 Å². The predicted molar refractivity (Wildman–Crippen MR) is 58.3 cm³/mol. The first-order chi connectivity index (χ1) is 6.76. The molecule has 7 heteroatoms. The van der Waals surface area contributed by atoms with Crippen molar-refractivity contribution < 1.29 is 0 Å². The third kappa shape index (κ3) is 3.24. The quantitative estimate of drug-likeness (QED) is 0.338. The highest BCUT2D eigenvalue weighted by Gasteiger charge is 1.97. The summed E-state index contributed by atoms with van der Waals surface area (Å²) in [5.41, 5.74) is 0.756. The zero-order chi connectivity index (χ0) is 10.4. The second-order valence-corrected chi connectivity index (χ2v) is 3.87. The number of nitrogens with one attached hydrogen (secondary N) is 2. The Labute approximate surface area is 88.9 Å². The van der Waals surface area contributed by atoms with Gasteiger partial charge in [0.15, 0.2) is 11.4 Å². The van der Waals surface area contributed by atoms with E-state index in [2.05, 4.69) is 15.3 Å². The largest absolute Gasteiger partial charge is 0.315 e. The molecule has 1 aromatic rings. The normalized spacial score (nSPS) is 11.0. The number of amidine groups is 1. The van der Waals surface area contributed by atoms with Crippen molar-refractivity contribution in [1.82, 2.24) is 10.3 Å². The summed E-state index contributed by atoms with van der Waals surface area (Å²) in [6.07, 6.45) is 3.61. The van der Waals surface area contributed by atoms with E-state index < -0.39 is 0 Å². The fraction of sp³-hybridized carbons (Fsp3) is 0.286. The summed E-state index contributed by atoms with van der Waals surface area (Å²) in [6.45, 7) is 0.379. The minimum atomic E-state index is -0.0888. The molecule has 0 aliphatic rings. The minimum Gasteiger partial charge on any atom is -0.315 e. The van der Waals surface area contributed by atoms with Crippen LogP contribution in [-0.4, -0.2) is 16.4 Å². The number of thiazole rings is 1. The third-order valence-corrected chi connectivity index (χ3v) is 2.66. The Balaban J connectivity index is 2.61. The molecule has 0 saturated heterocycles. The van der Waals surface area contributed by atoms with Crippen molar-refractivity contribution in [2.24, 2.45) is 4.99 Å². The van der Waals surface area contributed by atoms with Crippen LogP contribution in [0.1, 0.15) is 5.69 Å². The predicted octanol–water partition coefficient (Wildman–Crippen LogP) is 0.726. The average Bonchev–Trinajstić information content (AvgIpc) is 2.59. The molecular weight excluding hydrogens is 220 g/mol. The lowest BCUT2D eigenvalue weighted by molar-refractivity contribution is 0.994. The topological polar surface area (TPSA) is 81.0 Å². The maximum Gasteiger partial charge on any atom is 0.304 e. The summed E-state index contributed by atoms with van der Waals surface area (Å²) >= 11 is 2.45. The molecule has 1 rings (SSSR count). The van der Waals surface area contributed by atoms with Crippen molar-refractivity contribution in [2.75, 3.05) is 6.26 Å². The van der Waals surface area contributed by atoms with Crippen LogP contribution in [0.15, 0.2) is 15.2 Å². The van der Waals surface area contributed by atoms with Crippen LogP contribution in [0.2, 0.25) is 0 Å². The SMILES string of the molecule is CSC(=NCc1csc(=O)[nH]1)NC#N. The molecule has 1 aromatic heterocycles. The molecule has 0 radical (unpaired) electrons. The Morgan fingerprint density at radius 3 is 3.21 bits per heavy atom. The molecule has 0 spiro atoms. The van der Waals surface area contributed by atoms with E-state index in [1.54, 1.807) is 11.6 Å². The van der Waals surface area contributed by atoms with Crippen molar-refractivity contribution in [3.63, 3.8) is 0 Å². The van der Waals surface area contributed by atoms with Gasteiger partial charge in [-0.25, -0.2) is 0 Å².